The van der Waals surface area contributed by atoms with E-state index in [9.17, 15) is 4.39 Å². The van der Waals surface area contributed by atoms with Gasteiger partial charge in [-0.2, -0.15) is 0 Å². The molecule has 4 heteroatoms. The van der Waals surface area contributed by atoms with E-state index in [0.29, 0.717) is 12.6 Å². The van der Waals surface area contributed by atoms with E-state index in [2.05, 4.69) is 17.1 Å². The lowest BCUT2D eigenvalue weighted by atomic mass is 10.0. The molecular weight excluding hydrogens is 263 g/mol. The fourth-order valence-corrected chi connectivity index (χ4v) is 2.71. The van der Waals surface area contributed by atoms with E-state index in [4.69, 9.17) is 11.6 Å². The molecule has 106 valence electrons. The van der Waals surface area contributed by atoms with E-state index in [-0.39, 0.29) is 10.8 Å². The second kappa shape index (κ2) is 7.22. The van der Waals surface area contributed by atoms with Gasteiger partial charge in [-0.1, -0.05) is 24.6 Å². The van der Waals surface area contributed by atoms with Crippen LogP contribution >= 0.6 is 11.6 Å². The van der Waals surface area contributed by atoms with Gasteiger partial charge in [-0.05, 0) is 56.6 Å². The Morgan fingerprint density at radius 2 is 2.11 bits per heavy atom. The zero-order chi connectivity index (χ0) is 13.7. The standard InChI is InChI=1S/C15H22ClFN2/c1-2-7-19-8-5-13(6-9-19)18-11-12-3-4-14(16)15(17)10-12/h3-4,10,13,18H,2,5-9,11H2,1H3. The summed E-state index contributed by atoms with van der Waals surface area (Å²) in [5.74, 6) is -0.335. The Morgan fingerprint density at radius 1 is 1.37 bits per heavy atom. The maximum absolute atomic E-state index is 13.3. The van der Waals surface area contributed by atoms with E-state index in [0.717, 1.165) is 5.56 Å². The summed E-state index contributed by atoms with van der Waals surface area (Å²) in [4.78, 5) is 2.51. The number of hydrogen-bond acceptors (Lipinski definition) is 2. The summed E-state index contributed by atoms with van der Waals surface area (Å²) in [6.07, 6.45) is 3.58. The smallest absolute Gasteiger partial charge is 0.142 e. The number of rotatable bonds is 5. The van der Waals surface area contributed by atoms with Crippen molar-refractivity contribution in [3.8, 4) is 0 Å². The minimum absolute atomic E-state index is 0.191. The predicted molar refractivity (Wildman–Crippen MR) is 78.0 cm³/mol. The van der Waals surface area contributed by atoms with Gasteiger partial charge >= 0.3 is 0 Å². The van der Waals surface area contributed by atoms with Gasteiger partial charge in [0.25, 0.3) is 0 Å². The van der Waals surface area contributed by atoms with Gasteiger partial charge in [0, 0.05) is 12.6 Å². The van der Waals surface area contributed by atoms with Crippen molar-refractivity contribution in [3.05, 3.63) is 34.6 Å². The summed E-state index contributed by atoms with van der Waals surface area (Å²) in [6, 6.07) is 5.57. The fourth-order valence-electron chi connectivity index (χ4n) is 2.59. The lowest BCUT2D eigenvalue weighted by molar-refractivity contribution is 0.197. The third kappa shape index (κ3) is 4.44. The van der Waals surface area contributed by atoms with Crippen LogP contribution in [0.3, 0.4) is 0 Å². The van der Waals surface area contributed by atoms with Gasteiger partial charge in [-0.25, -0.2) is 4.39 Å². The quantitative estimate of drug-likeness (QED) is 0.891. The first-order chi connectivity index (χ1) is 9.19. The monoisotopic (exact) mass is 284 g/mol. The van der Waals surface area contributed by atoms with Crippen molar-refractivity contribution in [2.24, 2.45) is 0 Å². The summed E-state index contributed by atoms with van der Waals surface area (Å²) in [5, 5.41) is 3.70. The molecule has 1 N–H and O–H groups in total. The second-order valence-electron chi connectivity index (χ2n) is 5.25. The maximum atomic E-state index is 13.3. The third-order valence-corrected chi connectivity index (χ3v) is 4.01. The van der Waals surface area contributed by atoms with Gasteiger partial charge in [-0.15, -0.1) is 0 Å². The summed E-state index contributed by atoms with van der Waals surface area (Å²) in [5.41, 5.74) is 0.956. The highest BCUT2D eigenvalue weighted by molar-refractivity contribution is 6.30. The lowest BCUT2D eigenvalue weighted by Crippen LogP contribution is -2.42. The van der Waals surface area contributed by atoms with Crippen LogP contribution < -0.4 is 5.32 Å². The van der Waals surface area contributed by atoms with E-state index >= 15 is 0 Å². The SMILES string of the molecule is CCCN1CCC(NCc2ccc(Cl)c(F)c2)CC1. The third-order valence-electron chi connectivity index (χ3n) is 3.71. The summed E-state index contributed by atoms with van der Waals surface area (Å²) in [6.45, 7) is 6.47. The Labute approximate surface area is 119 Å². The molecule has 19 heavy (non-hydrogen) atoms. The molecule has 0 saturated carbocycles. The average Bonchev–Trinajstić information content (AvgIpc) is 2.42. The molecule has 0 aliphatic carbocycles. The molecule has 0 unspecified atom stereocenters. The molecule has 1 heterocycles. The molecule has 2 rings (SSSR count). The Hall–Kier alpha value is -0.640. The first-order valence-electron chi connectivity index (χ1n) is 7.08. The largest absolute Gasteiger partial charge is 0.310 e. The normalized spacial score (nSPS) is 17.8. The molecule has 0 amide bonds. The molecule has 1 fully saturated rings. The molecule has 0 atom stereocenters. The van der Waals surface area contributed by atoms with E-state index in [1.165, 1.54) is 45.0 Å². The highest BCUT2D eigenvalue weighted by atomic mass is 35.5. The second-order valence-corrected chi connectivity index (χ2v) is 5.65. The molecule has 0 radical (unpaired) electrons. The number of benzene rings is 1. The molecule has 0 bridgehead atoms. The summed E-state index contributed by atoms with van der Waals surface area (Å²) in [7, 11) is 0. The van der Waals surface area contributed by atoms with Crippen LogP contribution in [-0.2, 0) is 6.54 Å². The fraction of sp³-hybridized carbons (Fsp3) is 0.600. The number of nitrogens with zero attached hydrogens (tertiary/aromatic N) is 1. The van der Waals surface area contributed by atoms with Crippen molar-refractivity contribution in [2.45, 2.75) is 38.8 Å². The predicted octanol–water partition coefficient (Wildman–Crippen LogP) is 3.44. The lowest BCUT2D eigenvalue weighted by Gasteiger charge is -2.32. The topological polar surface area (TPSA) is 15.3 Å². The van der Waals surface area contributed by atoms with E-state index in [1.54, 1.807) is 6.07 Å². The Kier molecular flexibility index (Phi) is 5.61. The van der Waals surface area contributed by atoms with Crippen LogP contribution in [0.5, 0.6) is 0 Å². The van der Waals surface area contributed by atoms with Crippen LogP contribution in [-0.4, -0.2) is 30.6 Å². The molecule has 1 aromatic rings. The van der Waals surface area contributed by atoms with Gasteiger partial charge < -0.3 is 10.2 Å². The molecule has 1 aliphatic rings. The minimum atomic E-state index is -0.335. The summed E-state index contributed by atoms with van der Waals surface area (Å²) >= 11 is 5.67. The number of nitrogens with one attached hydrogen (secondary N) is 1. The Bertz CT molecular complexity index is 403. The molecule has 1 aromatic carbocycles. The van der Waals surface area contributed by atoms with Crippen LogP contribution in [0.2, 0.25) is 5.02 Å². The molecule has 1 aliphatic heterocycles. The minimum Gasteiger partial charge on any atom is -0.310 e. The number of likely N-dealkylation sites (tertiary alicyclic amines) is 1. The van der Waals surface area contributed by atoms with Crippen molar-refractivity contribution >= 4 is 11.6 Å². The van der Waals surface area contributed by atoms with Crippen LogP contribution in [0.15, 0.2) is 18.2 Å². The molecule has 2 nitrogen and oxygen atoms in total. The molecule has 0 aromatic heterocycles. The zero-order valence-corrected chi connectivity index (χ0v) is 12.2. The van der Waals surface area contributed by atoms with Crippen molar-refractivity contribution in [1.82, 2.24) is 10.2 Å². The van der Waals surface area contributed by atoms with Gasteiger partial charge in [0.05, 0.1) is 5.02 Å². The highest BCUT2D eigenvalue weighted by Crippen LogP contribution is 2.16. The Balaban J connectivity index is 1.75. The van der Waals surface area contributed by atoms with Crippen molar-refractivity contribution in [2.75, 3.05) is 19.6 Å². The van der Waals surface area contributed by atoms with Crippen molar-refractivity contribution in [3.63, 3.8) is 0 Å². The van der Waals surface area contributed by atoms with E-state index in [1.807, 2.05) is 6.07 Å². The zero-order valence-electron chi connectivity index (χ0n) is 11.5. The van der Waals surface area contributed by atoms with Gasteiger partial charge in [0.2, 0.25) is 0 Å². The average molecular weight is 285 g/mol. The molecular formula is C15H22ClFN2. The first kappa shape index (κ1) is 14.8. The first-order valence-corrected chi connectivity index (χ1v) is 7.46. The summed E-state index contributed by atoms with van der Waals surface area (Å²) < 4.78 is 13.3. The maximum Gasteiger partial charge on any atom is 0.142 e. The van der Waals surface area contributed by atoms with Gasteiger partial charge in [0.15, 0.2) is 0 Å². The number of piperidine rings is 1. The van der Waals surface area contributed by atoms with E-state index < -0.39 is 0 Å². The molecule has 1 saturated heterocycles. The van der Waals surface area contributed by atoms with Crippen LogP contribution in [0.4, 0.5) is 4.39 Å². The number of hydrogen-bond donors (Lipinski definition) is 1. The van der Waals surface area contributed by atoms with Crippen LogP contribution in [0.1, 0.15) is 31.7 Å². The van der Waals surface area contributed by atoms with Crippen LogP contribution in [0.25, 0.3) is 0 Å². The van der Waals surface area contributed by atoms with Crippen molar-refractivity contribution < 1.29 is 4.39 Å². The van der Waals surface area contributed by atoms with Crippen LogP contribution in [0, 0.1) is 5.82 Å². The van der Waals surface area contributed by atoms with Gasteiger partial charge in [-0.3, -0.25) is 0 Å². The Morgan fingerprint density at radius 3 is 2.74 bits per heavy atom. The number of halogens is 2. The van der Waals surface area contributed by atoms with Crippen molar-refractivity contribution in [1.29, 1.82) is 0 Å². The highest BCUT2D eigenvalue weighted by Gasteiger charge is 2.17. The molecule has 0 spiro atoms. The van der Waals surface area contributed by atoms with Gasteiger partial charge in [0.1, 0.15) is 5.82 Å².